The van der Waals surface area contributed by atoms with E-state index in [-0.39, 0.29) is 24.3 Å². The van der Waals surface area contributed by atoms with Gasteiger partial charge in [0.05, 0.1) is 12.5 Å². The van der Waals surface area contributed by atoms with Crippen molar-refractivity contribution in [2.75, 3.05) is 5.32 Å². The topological polar surface area (TPSA) is 58.2 Å². The summed E-state index contributed by atoms with van der Waals surface area (Å²) in [5.41, 5.74) is 2.95. The van der Waals surface area contributed by atoms with Gasteiger partial charge in [-0.3, -0.25) is 9.59 Å². The molecule has 0 aliphatic carbocycles. The summed E-state index contributed by atoms with van der Waals surface area (Å²) in [6.07, 6.45) is 2.33. The van der Waals surface area contributed by atoms with Gasteiger partial charge in [-0.05, 0) is 29.7 Å². The second kappa shape index (κ2) is 8.87. The Labute approximate surface area is 143 Å². The molecular formula is C20H24N2O2. The summed E-state index contributed by atoms with van der Waals surface area (Å²) in [6.45, 7) is 3.60. The van der Waals surface area contributed by atoms with Gasteiger partial charge < -0.3 is 10.6 Å². The molecule has 0 unspecified atom stereocenters. The highest BCUT2D eigenvalue weighted by molar-refractivity contribution is 5.91. The van der Waals surface area contributed by atoms with Crippen LogP contribution >= 0.6 is 0 Å². The quantitative estimate of drug-likeness (QED) is 0.813. The molecule has 0 saturated heterocycles. The van der Waals surface area contributed by atoms with E-state index in [9.17, 15) is 9.59 Å². The summed E-state index contributed by atoms with van der Waals surface area (Å²) < 4.78 is 0. The van der Waals surface area contributed by atoms with Crippen molar-refractivity contribution in [3.63, 3.8) is 0 Å². The minimum atomic E-state index is -0.330. The van der Waals surface area contributed by atoms with Crippen LogP contribution in [0.5, 0.6) is 0 Å². The Bertz CT molecular complexity index is 666. The SMILES string of the molecule is CCCc1ccc(NC(=O)C[C@@H](NC(C)=O)c2ccccc2)cc1. The number of aryl methyl sites for hydroxylation is 1. The predicted octanol–water partition coefficient (Wildman–Crippen LogP) is 3.85. The highest BCUT2D eigenvalue weighted by Crippen LogP contribution is 2.18. The van der Waals surface area contributed by atoms with Crippen LogP contribution in [0.4, 0.5) is 5.69 Å². The van der Waals surface area contributed by atoms with Crippen molar-refractivity contribution >= 4 is 17.5 Å². The first kappa shape index (κ1) is 17.7. The average Bonchev–Trinajstić information content (AvgIpc) is 2.57. The van der Waals surface area contributed by atoms with Crippen LogP contribution in [0, 0.1) is 0 Å². The first-order chi connectivity index (χ1) is 11.6. The van der Waals surface area contributed by atoms with E-state index in [2.05, 4.69) is 17.6 Å². The van der Waals surface area contributed by atoms with Gasteiger partial charge in [0, 0.05) is 12.6 Å². The fourth-order valence-electron chi connectivity index (χ4n) is 2.62. The molecule has 2 amide bonds. The van der Waals surface area contributed by atoms with Crippen LogP contribution < -0.4 is 10.6 Å². The van der Waals surface area contributed by atoms with Gasteiger partial charge in [-0.1, -0.05) is 55.8 Å². The van der Waals surface area contributed by atoms with E-state index in [0.717, 1.165) is 24.1 Å². The lowest BCUT2D eigenvalue weighted by Gasteiger charge is -2.18. The van der Waals surface area contributed by atoms with Gasteiger partial charge in [0.15, 0.2) is 0 Å². The first-order valence-electron chi connectivity index (χ1n) is 8.29. The maximum absolute atomic E-state index is 12.3. The molecule has 1 atom stereocenters. The number of hydrogen-bond acceptors (Lipinski definition) is 2. The standard InChI is InChI=1S/C20H24N2O2/c1-3-7-16-10-12-18(13-11-16)22-20(24)14-19(21-15(2)23)17-8-5-4-6-9-17/h4-6,8-13,19H,3,7,14H2,1-2H3,(H,21,23)(H,22,24)/t19-/m1/s1. The summed E-state index contributed by atoms with van der Waals surface area (Å²) in [5.74, 6) is -0.276. The number of nitrogens with one attached hydrogen (secondary N) is 2. The average molecular weight is 324 g/mol. The number of carbonyl (C=O) groups is 2. The molecule has 0 saturated carbocycles. The van der Waals surface area contributed by atoms with E-state index in [0.29, 0.717) is 0 Å². The summed E-state index contributed by atoms with van der Waals surface area (Å²) >= 11 is 0. The summed E-state index contributed by atoms with van der Waals surface area (Å²) in [6, 6.07) is 17.1. The fourth-order valence-corrected chi connectivity index (χ4v) is 2.62. The third-order valence-corrected chi connectivity index (χ3v) is 3.75. The molecule has 0 aromatic heterocycles. The molecule has 0 aliphatic heterocycles. The molecule has 2 aromatic rings. The van der Waals surface area contributed by atoms with Gasteiger partial charge in [0.2, 0.25) is 11.8 Å². The molecule has 0 radical (unpaired) electrons. The Morgan fingerprint density at radius 3 is 2.25 bits per heavy atom. The molecule has 2 N–H and O–H groups in total. The van der Waals surface area contributed by atoms with E-state index in [1.165, 1.54) is 12.5 Å². The third-order valence-electron chi connectivity index (χ3n) is 3.75. The number of rotatable bonds is 7. The van der Waals surface area contributed by atoms with Gasteiger partial charge in [-0.15, -0.1) is 0 Å². The third kappa shape index (κ3) is 5.54. The van der Waals surface area contributed by atoms with Crippen molar-refractivity contribution in [1.82, 2.24) is 5.32 Å². The molecule has 0 fully saturated rings. The largest absolute Gasteiger partial charge is 0.349 e. The summed E-state index contributed by atoms with van der Waals surface area (Å²) in [7, 11) is 0. The lowest BCUT2D eigenvalue weighted by atomic mass is 10.0. The van der Waals surface area contributed by atoms with E-state index < -0.39 is 0 Å². The molecule has 126 valence electrons. The Morgan fingerprint density at radius 2 is 1.67 bits per heavy atom. The zero-order chi connectivity index (χ0) is 17.4. The number of hydrogen-bond donors (Lipinski definition) is 2. The number of benzene rings is 2. The van der Waals surface area contributed by atoms with Crippen molar-refractivity contribution in [3.8, 4) is 0 Å². The van der Waals surface area contributed by atoms with Crippen LogP contribution in [0.2, 0.25) is 0 Å². The van der Waals surface area contributed by atoms with Gasteiger partial charge >= 0.3 is 0 Å². The van der Waals surface area contributed by atoms with Gasteiger partial charge in [-0.2, -0.15) is 0 Å². The number of anilines is 1. The van der Waals surface area contributed by atoms with Crippen molar-refractivity contribution in [3.05, 3.63) is 65.7 Å². The van der Waals surface area contributed by atoms with E-state index in [4.69, 9.17) is 0 Å². The van der Waals surface area contributed by atoms with Crippen LogP contribution in [-0.4, -0.2) is 11.8 Å². The van der Waals surface area contributed by atoms with Crippen LogP contribution in [0.3, 0.4) is 0 Å². The molecule has 0 aliphatic rings. The number of amides is 2. The first-order valence-corrected chi connectivity index (χ1v) is 8.29. The van der Waals surface area contributed by atoms with Crippen LogP contribution in [0.25, 0.3) is 0 Å². The van der Waals surface area contributed by atoms with Crippen molar-refractivity contribution < 1.29 is 9.59 Å². The number of carbonyl (C=O) groups excluding carboxylic acids is 2. The van der Waals surface area contributed by atoms with E-state index in [1.54, 1.807) is 0 Å². The van der Waals surface area contributed by atoms with Crippen LogP contribution in [0.1, 0.15) is 43.9 Å². The molecule has 2 rings (SSSR count). The highest BCUT2D eigenvalue weighted by Gasteiger charge is 2.17. The maximum atomic E-state index is 12.3. The monoisotopic (exact) mass is 324 g/mol. The summed E-state index contributed by atoms with van der Waals surface area (Å²) in [5, 5.41) is 5.73. The van der Waals surface area contributed by atoms with Crippen molar-refractivity contribution in [1.29, 1.82) is 0 Å². The smallest absolute Gasteiger partial charge is 0.226 e. The Balaban J connectivity index is 2.00. The highest BCUT2D eigenvalue weighted by atomic mass is 16.2. The normalized spacial score (nSPS) is 11.6. The molecular weight excluding hydrogens is 300 g/mol. The Morgan fingerprint density at radius 1 is 1.00 bits per heavy atom. The van der Waals surface area contributed by atoms with E-state index >= 15 is 0 Å². The zero-order valence-electron chi connectivity index (χ0n) is 14.2. The summed E-state index contributed by atoms with van der Waals surface area (Å²) in [4.78, 5) is 23.7. The molecule has 0 bridgehead atoms. The second-order valence-electron chi connectivity index (χ2n) is 5.86. The van der Waals surface area contributed by atoms with E-state index in [1.807, 2.05) is 54.6 Å². The maximum Gasteiger partial charge on any atom is 0.226 e. The fraction of sp³-hybridized carbons (Fsp3) is 0.300. The van der Waals surface area contributed by atoms with Crippen molar-refractivity contribution in [2.45, 2.75) is 39.2 Å². The second-order valence-corrected chi connectivity index (χ2v) is 5.86. The molecule has 0 spiro atoms. The Hall–Kier alpha value is -2.62. The van der Waals surface area contributed by atoms with Gasteiger partial charge in [0.25, 0.3) is 0 Å². The molecule has 24 heavy (non-hydrogen) atoms. The molecule has 4 nitrogen and oxygen atoms in total. The van der Waals surface area contributed by atoms with Gasteiger partial charge in [-0.25, -0.2) is 0 Å². The molecule has 2 aromatic carbocycles. The zero-order valence-corrected chi connectivity index (χ0v) is 14.2. The molecule has 0 heterocycles. The minimum absolute atomic E-state index is 0.124. The minimum Gasteiger partial charge on any atom is -0.349 e. The van der Waals surface area contributed by atoms with Crippen LogP contribution in [0.15, 0.2) is 54.6 Å². The Kier molecular flexibility index (Phi) is 6.55. The predicted molar refractivity (Wildman–Crippen MR) is 96.7 cm³/mol. The van der Waals surface area contributed by atoms with Crippen LogP contribution in [-0.2, 0) is 16.0 Å². The lowest BCUT2D eigenvalue weighted by Crippen LogP contribution is -2.29. The van der Waals surface area contributed by atoms with Gasteiger partial charge in [0.1, 0.15) is 0 Å². The molecule has 4 heteroatoms. The van der Waals surface area contributed by atoms with Crippen molar-refractivity contribution in [2.24, 2.45) is 0 Å². The lowest BCUT2D eigenvalue weighted by molar-refractivity contribution is -0.120.